The highest BCUT2D eigenvalue weighted by Gasteiger charge is 2.21. The van der Waals surface area contributed by atoms with E-state index >= 15 is 0 Å². The van der Waals surface area contributed by atoms with Gasteiger partial charge in [-0.15, -0.1) is 0 Å². The number of benzene rings is 2. The second-order valence-corrected chi connectivity index (χ2v) is 9.09. The van der Waals surface area contributed by atoms with E-state index in [-0.39, 0.29) is 25.0 Å². The van der Waals surface area contributed by atoms with Crippen molar-refractivity contribution in [3.63, 3.8) is 0 Å². The van der Waals surface area contributed by atoms with Gasteiger partial charge in [0, 0.05) is 6.54 Å². The average molecular weight is 405 g/mol. The predicted molar refractivity (Wildman–Crippen MR) is 111 cm³/mol. The average Bonchev–Trinajstić information content (AvgIpc) is 2.61. The lowest BCUT2D eigenvalue weighted by atomic mass is 10.1. The maximum absolute atomic E-state index is 12.3. The molecule has 0 aliphatic heterocycles. The fourth-order valence-corrected chi connectivity index (χ4v) is 3.30. The smallest absolute Gasteiger partial charge is 0.235 e. The SMILES string of the molecule is Cc1ccc(CN(CC(=O)N[C@H](C)COc2ccc(C)cc2)S(C)(=O)=O)cc1. The molecular weight excluding hydrogens is 376 g/mol. The van der Waals surface area contributed by atoms with Crippen molar-refractivity contribution >= 4 is 15.9 Å². The molecule has 0 aromatic heterocycles. The van der Waals surface area contributed by atoms with Gasteiger partial charge in [-0.3, -0.25) is 4.79 Å². The van der Waals surface area contributed by atoms with Crippen molar-refractivity contribution in [2.24, 2.45) is 0 Å². The Morgan fingerprint density at radius 1 is 1.04 bits per heavy atom. The molecule has 0 heterocycles. The second kappa shape index (κ2) is 9.71. The Labute approximate surface area is 167 Å². The molecule has 1 amide bonds. The van der Waals surface area contributed by atoms with Gasteiger partial charge in [-0.25, -0.2) is 8.42 Å². The van der Waals surface area contributed by atoms with Gasteiger partial charge in [-0.1, -0.05) is 47.5 Å². The van der Waals surface area contributed by atoms with Crippen LogP contribution >= 0.6 is 0 Å². The van der Waals surface area contributed by atoms with Gasteiger partial charge in [0.15, 0.2) is 0 Å². The summed E-state index contributed by atoms with van der Waals surface area (Å²) in [6.07, 6.45) is 1.11. The Hall–Kier alpha value is -2.38. The summed E-state index contributed by atoms with van der Waals surface area (Å²) in [4.78, 5) is 12.3. The number of ether oxygens (including phenoxy) is 1. The molecule has 2 aromatic rings. The molecule has 0 spiro atoms. The first-order valence-electron chi connectivity index (χ1n) is 9.13. The molecule has 0 unspecified atom stereocenters. The Morgan fingerprint density at radius 2 is 1.57 bits per heavy atom. The number of hydrogen-bond donors (Lipinski definition) is 1. The molecule has 1 atom stereocenters. The molecule has 1 N–H and O–H groups in total. The Bertz CT molecular complexity index is 878. The van der Waals surface area contributed by atoms with E-state index in [1.54, 1.807) is 0 Å². The quantitative estimate of drug-likeness (QED) is 0.697. The summed E-state index contributed by atoms with van der Waals surface area (Å²) in [6, 6.07) is 15.0. The number of nitrogens with one attached hydrogen (secondary N) is 1. The van der Waals surface area contributed by atoms with Gasteiger partial charge >= 0.3 is 0 Å². The van der Waals surface area contributed by atoms with E-state index in [9.17, 15) is 13.2 Å². The molecule has 2 rings (SSSR count). The highest BCUT2D eigenvalue weighted by atomic mass is 32.2. The largest absolute Gasteiger partial charge is 0.491 e. The molecule has 0 radical (unpaired) electrons. The van der Waals surface area contributed by atoms with Crippen LogP contribution in [-0.2, 0) is 21.4 Å². The standard InChI is InChI=1S/C21H28N2O4S/c1-16-5-9-19(10-6-16)13-23(28(4,25)26)14-21(24)22-18(3)15-27-20-11-7-17(2)8-12-20/h5-12,18H,13-15H2,1-4H3,(H,22,24)/t18-/m1/s1. The molecule has 0 bridgehead atoms. The lowest BCUT2D eigenvalue weighted by Crippen LogP contribution is -2.44. The van der Waals surface area contributed by atoms with Gasteiger partial charge in [0.25, 0.3) is 0 Å². The van der Waals surface area contributed by atoms with Gasteiger partial charge in [0.1, 0.15) is 12.4 Å². The van der Waals surface area contributed by atoms with Crippen LogP contribution in [0.1, 0.15) is 23.6 Å². The number of amides is 1. The molecule has 6 nitrogen and oxygen atoms in total. The molecule has 0 fully saturated rings. The van der Waals surface area contributed by atoms with Gasteiger partial charge in [0.2, 0.25) is 15.9 Å². The minimum absolute atomic E-state index is 0.154. The summed E-state index contributed by atoms with van der Waals surface area (Å²) in [7, 11) is -3.52. The van der Waals surface area contributed by atoms with Crippen LogP contribution < -0.4 is 10.1 Å². The van der Waals surface area contributed by atoms with Crippen LogP contribution in [-0.4, -0.2) is 44.1 Å². The zero-order chi connectivity index (χ0) is 20.7. The minimum atomic E-state index is -3.52. The molecule has 0 aliphatic carbocycles. The minimum Gasteiger partial charge on any atom is -0.491 e. The molecular formula is C21H28N2O4S. The van der Waals surface area contributed by atoms with E-state index in [1.165, 1.54) is 4.31 Å². The van der Waals surface area contributed by atoms with Crippen LogP contribution in [0.15, 0.2) is 48.5 Å². The molecule has 0 saturated carbocycles. The van der Waals surface area contributed by atoms with Crippen molar-refractivity contribution < 1.29 is 17.9 Å². The molecule has 152 valence electrons. The normalized spacial score (nSPS) is 12.6. The van der Waals surface area contributed by atoms with Crippen LogP contribution in [0.2, 0.25) is 0 Å². The van der Waals surface area contributed by atoms with Crippen molar-refractivity contribution in [3.05, 3.63) is 65.2 Å². The number of carbonyl (C=O) groups is 1. The number of hydrogen-bond acceptors (Lipinski definition) is 4. The monoisotopic (exact) mass is 404 g/mol. The number of nitrogens with zero attached hydrogens (tertiary/aromatic N) is 1. The number of carbonyl (C=O) groups excluding carboxylic acids is 1. The molecule has 0 saturated heterocycles. The third kappa shape index (κ3) is 7.32. The zero-order valence-electron chi connectivity index (χ0n) is 16.8. The molecule has 28 heavy (non-hydrogen) atoms. The van der Waals surface area contributed by atoms with Crippen molar-refractivity contribution in [2.75, 3.05) is 19.4 Å². The van der Waals surface area contributed by atoms with Gasteiger partial charge in [-0.05, 0) is 38.5 Å². The third-order valence-electron chi connectivity index (χ3n) is 4.20. The number of rotatable bonds is 9. The topological polar surface area (TPSA) is 75.7 Å². The summed E-state index contributed by atoms with van der Waals surface area (Å²) in [6.45, 7) is 5.99. The third-order valence-corrected chi connectivity index (χ3v) is 5.39. The van der Waals surface area contributed by atoms with Gasteiger partial charge in [0.05, 0.1) is 18.8 Å². The first-order chi connectivity index (χ1) is 13.1. The first-order valence-corrected chi connectivity index (χ1v) is 11.0. The van der Waals surface area contributed by atoms with Gasteiger partial charge in [-0.2, -0.15) is 4.31 Å². The first kappa shape index (κ1) is 21.9. The summed E-state index contributed by atoms with van der Waals surface area (Å²) in [5, 5.41) is 2.79. The maximum Gasteiger partial charge on any atom is 0.235 e. The van der Waals surface area contributed by atoms with Crippen molar-refractivity contribution in [1.29, 1.82) is 0 Å². The highest BCUT2D eigenvalue weighted by molar-refractivity contribution is 7.88. The summed E-state index contributed by atoms with van der Waals surface area (Å²) in [5.74, 6) is 0.362. The highest BCUT2D eigenvalue weighted by Crippen LogP contribution is 2.12. The molecule has 2 aromatic carbocycles. The van der Waals surface area contributed by atoms with Gasteiger partial charge < -0.3 is 10.1 Å². The van der Waals surface area contributed by atoms with E-state index in [4.69, 9.17) is 4.74 Å². The maximum atomic E-state index is 12.3. The second-order valence-electron chi connectivity index (χ2n) is 7.11. The van der Waals surface area contributed by atoms with Crippen LogP contribution in [0, 0.1) is 13.8 Å². The van der Waals surface area contributed by atoms with Crippen molar-refractivity contribution in [2.45, 2.75) is 33.4 Å². The Kier molecular flexibility index (Phi) is 7.60. The molecule has 7 heteroatoms. The van der Waals surface area contributed by atoms with Crippen molar-refractivity contribution in [1.82, 2.24) is 9.62 Å². The van der Waals surface area contributed by atoms with Crippen LogP contribution in [0.4, 0.5) is 0 Å². The fourth-order valence-electron chi connectivity index (χ4n) is 2.57. The summed E-state index contributed by atoms with van der Waals surface area (Å²) < 4.78 is 31.0. The number of sulfonamides is 1. The predicted octanol–water partition coefficient (Wildman–Crippen LogP) is 2.65. The van der Waals surface area contributed by atoms with Crippen LogP contribution in [0.25, 0.3) is 0 Å². The van der Waals surface area contributed by atoms with Crippen LogP contribution in [0.5, 0.6) is 5.75 Å². The fraction of sp³-hybridized carbons (Fsp3) is 0.381. The number of aryl methyl sites for hydroxylation is 2. The Balaban J connectivity index is 1.89. The van der Waals surface area contributed by atoms with Crippen molar-refractivity contribution in [3.8, 4) is 5.75 Å². The van der Waals surface area contributed by atoms with Crippen LogP contribution in [0.3, 0.4) is 0 Å². The molecule has 0 aliphatic rings. The summed E-state index contributed by atoms with van der Waals surface area (Å²) >= 11 is 0. The summed E-state index contributed by atoms with van der Waals surface area (Å²) in [5.41, 5.74) is 3.07. The van der Waals surface area contributed by atoms with E-state index < -0.39 is 10.0 Å². The van der Waals surface area contributed by atoms with E-state index in [2.05, 4.69) is 5.32 Å². The Morgan fingerprint density at radius 3 is 2.11 bits per heavy atom. The van der Waals surface area contributed by atoms with E-state index in [1.807, 2.05) is 69.3 Å². The van der Waals surface area contributed by atoms with E-state index in [0.717, 1.165) is 28.7 Å². The van der Waals surface area contributed by atoms with E-state index in [0.29, 0.717) is 6.61 Å². The zero-order valence-corrected chi connectivity index (χ0v) is 17.6. The lowest BCUT2D eigenvalue weighted by Gasteiger charge is -2.21. The lowest BCUT2D eigenvalue weighted by molar-refractivity contribution is -0.122.